The standard InChI is InChI=1S/C23H20ClFN2O3/c24-18-7-9-19(10-8-18)26-22(29)23(25)11-3-12-27(15-23)21(28)17-5-1-4-16(14-17)20-6-2-13-30-20/h1-2,4-10,13-14H,3,11-12,15H2,(H,26,29). The zero-order valence-electron chi connectivity index (χ0n) is 16.1. The molecule has 2 heterocycles. The van der Waals surface area contributed by atoms with E-state index in [2.05, 4.69) is 5.32 Å². The third-order valence-electron chi connectivity index (χ3n) is 5.15. The SMILES string of the molecule is O=C(c1cccc(-c2ccco2)c1)N1CCCC(F)(C(=O)Nc2ccc(Cl)cc2)C1. The molecule has 1 atom stereocenters. The summed E-state index contributed by atoms with van der Waals surface area (Å²) in [6.45, 7) is 0.0972. The van der Waals surface area contributed by atoms with E-state index >= 15 is 4.39 Å². The van der Waals surface area contributed by atoms with Crippen molar-refractivity contribution in [1.82, 2.24) is 4.90 Å². The summed E-state index contributed by atoms with van der Waals surface area (Å²) in [5, 5.41) is 3.11. The van der Waals surface area contributed by atoms with Crippen LogP contribution in [0.15, 0.2) is 71.3 Å². The summed E-state index contributed by atoms with van der Waals surface area (Å²) < 4.78 is 20.9. The highest BCUT2D eigenvalue weighted by atomic mass is 35.5. The maximum Gasteiger partial charge on any atom is 0.263 e. The Labute approximate surface area is 178 Å². The van der Waals surface area contributed by atoms with Crippen molar-refractivity contribution in [3.05, 3.63) is 77.5 Å². The summed E-state index contributed by atoms with van der Waals surface area (Å²) in [5.41, 5.74) is -0.524. The number of halogens is 2. The highest BCUT2D eigenvalue weighted by molar-refractivity contribution is 6.30. The van der Waals surface area contributed by atoms with Gasteiger partial charge < -0.3 is 14.6 Å². The van der Waals surface area contributed by atoms with Gasteiger partial charge in [-0.15, -0.1) is 0 Å². The molecule has 1 fully saturated rings. The molecule has 1 aliphatic heterocycles. The molecule has 30 heavy (non-hydrogen) atoms. The molecular weight excluding hydrogens is 407 g/mol. The molecule has 1 aromatic heterocycles. The zero-order chi connectivity index (χ0) is 21.1. The third-order valence-corrected chi connectivity index (χ3v) is 5.41. The van der Waals surface area contributed by atoms with Crippen molar-refractivity contribution in [2.24, 2.45) is 0 Å². The predicted octanol–water partition coefficient (Wildman–Crippen LogP) is 5.18. The van der Waals surface area contributed by atoms with Crippen LogP contribution in [0.3, 0.4) is 0 Å². The number of rotatable bonds is 4. The van der Waals surface area contributed by atoms with Gasteiger partial charge in [-0.1, -0.05) is 23.7 Å². The number of furan rings is 1. The van der Waals surface area contributed by atoms with Crippen LogP contribution >= 0.6 is 11.6 Å². The summed E-state index contributed by atoms with van der Waals surface area (Å²) in [4.78, 5) is 27.0. The molecule has 0 aliphatic carbocycles. The van der Waals surface area contributed by atoms with Gasteiger partial charge in [0.2, 0.25) is 5.67 Å². The molecule has 0 bridgehead atoms. The third kappa shape index (κ3) is 4.24. The molecule has 1 aliphatic rings. The van der Waals surface area contributed by atoms with Crippen LogP contribution in [0.25, 0.3) is 11.3 Å². The van der Waals surface area contributed by atoms with Crippen LogP contribution in [0, 0.1) is 0 Å². The topological polar surface area (TPSA) is 62.6 Å². The minimum atomic E-state index is -2.16. The van der Waals surface area contributed by atoms with Crippen LogP contribution in [-0.2, 0) is 4.79 Å². The zero-order valence-corrected chi connectivity index (χ0v) is 16.9. The number of carbonyl (C=O) groups is 2. The summed E-state index contributed by atoms with van der Waals surface area (Å²) in [6, 6.07) is 17.0. The Morgan fingerprint density at radius 3 is 2.63 bits per heavy atom. The number of anilines is 1. The fraction of sp³-hybridized carbons (Fsp3) is 0.217. The summed E-state index contributed by atoms with van der Waals surface area (Å²) in [6.07, 6.45) is 2.02. The minimum absolute atomic E-state index is 0.0582. The molecule has 0 spiro atoms. The number of carbonyl (C=O) groups excluding carboxylic acids is 2. The number of alkyl halides is 1. The van der Waals surface area contributed by atoms with Crippen LogP contribution in [0.5, 0.6) is 0 Å². The quantitative estimate of drug-likeness (QED) is 0.625. The first-order valence-corrected chi connectivity index (χ1v) is 10.0. The Hall–Kier alpha value is -3.12. The Bertz CT molecular complexity index is 1050. The highest BCUT2D eigenvalue weighted by Crippen LogP contribution is 2.29. The molecule has 7 heteroatoms. The smallest absolute Gasteiger partial charge is 0.263 e. The molecule has 154 valence electrons. The number of amides is 2. The number of hydrogen-bond acceptors (Lipinski definition) is 3. The Morgan fingerprint density at radius 1 is 1.10 bits per heavy atom. The molecule has 1 saturated heterocycles. The largest absolute Gasteiger partial charge is 0.464 e. The maximum absolute atomic E-state index is 15.5. The van der Waals surface area contributed by atoms with Gasteiger partial charge in [0.15, 0.2) is 0 Å². The van der Waals surface area contributed by atoms with E-state index in [1.54, 1.807) is 60.9 Å². The van der Waals surface area contributed by atoms with E-state index in [1.807, 2.05) is 6.07 Å². The van der Waals surface area contributed by atoms with Crippen molar-refractivity contribution in [1.29, 1.82) is 0 Å². The van der Waals surface area contributed by atoms with Crippen LogP contribution in [0.1, 0.15) is 23.2 Å². The van der Waals surface area contributed by atoms with Crippen molar-refractivity contribution < 1.29 is 18.4 Å². The second-order valence-electron chi connectivity index (χ2n) is 7.31. The molecule has 0 saturated carbocycles. The average molecular weight is 427 g/mol. The molecule has 3 aromatic rings. The van der Waals surface area contributed by atoms with Gasteiger partial charge in [0, 0.05) is 28.4 Å². The van der Waals surface area contributed by atoms with Crippen LogP contribution in [0.4, 0.5) is 10.1 Å². The lowest BCUT2D eigenvalue weighted by Gasteiger charge is -2.36. The molecule has 4 rings (SSSR count). The van der Waals surface area contributed by atoms with E-state index in [9.17, 15) is 9.59 Å². The second kappa shape index (κ2) is 8.32. The average Bonchev–Trinajstić information content (AvgIpc) is 3.30. The van der Waals surface area contributed by atoms with Crippen molar-refractivity contribution >= 4 is 29.1 Å². The molecule has 5 nitrogen and oxygen atoms in total. The maximum atomic E-state index is 15.5. The van der Waals surface area contributed by atoms with Crippen molar-refractivity contribution in [3.63, 3.8) is 0 Å². The first-order valence-electron chi connectivity index (χ1n) is 9.64. The lowest BCUT2D eigenvalue weighted by molar-refractivity contribution is -0.130. The molecule has 2 aromatic carbocycles. The van der Waals surface area contributed by atoms with Gasteiger partial charge in [0.05, 0.1) is 12.8 Å². The minimum Gasteiger partial charge on any atom is -0.464 e. The number of nitrogens with one attached hydrogen (secondary N) is 1. The van der Waals surface area contributed by atoms with E-state index < -0.39 is 11.6 Å². The summed E-state index contributed by atoms with van der Waals surface area (Å²) in [5.74, 6) is -0.429. The number of hydrogen-bond donors (Lipinski definition) is 1. The van der Waals surface area contributed by atoms with Gasteiger partial charge in [0.25, 0.3) is 11.8 Å². The van der Waals surface area contributed by atoms with Crippen molar-refractivity contribution in [2.45, 2.75) is 18.5 Å². The number of nitrogens with zero attached hydrogens (tertiary/aromatic N) is 1. The number of benzene rings is 2. The van der Waals surface area contributed by atoms with E-state index in [-0.39, 0.29) is 18.9 Å². The van der Waals surface area contributed by atoms with E-state index in [0.29, 0.717) is 35.0 Å². The molecular formula is C23H20ClFN2O3. The van der Waals surface area contributed by atoms with Crippen molar-refractivity contribution in [2.75, 3.05) is 18.4 Å². The van der Waals surface area contributed by atoms with Crippen molar-refractivity contribution in [3.8, 4) is 11.3 Å². The second-order valence-corrected chi connectivity index (χ2v) is 7.75. The first-order chi connectivity index (χ1) is 14.4. The fourth-order valence-corrected chi connectivity index (χ4v) is 3.70. The van der Waals surface area contributed by atoms with Gasteiger partial charge in [-0.05, 0) is 61.4 Å². The van der Waals surface area contributed by atoms with E-state index in [1.165, 1.54) is 4.90 Å². The number of piperidine rings is 1. The van der Waals surface area contributed by atoms with E-state index in [0.717, 1.165) is 5.56 Å². The predicted molar refractivity (Wildman–Crippen MR) is 113 cm³/mol. The van der Waals surface area contributed by atoms with Crippen LogP contribution < -0.4 is 5.32 Å². The summed E-state index contributed by atoms with van der Waals surface area (Å²) >= 11 is 5.84. The van der Waals surface area contributed by atoms with Gasteiger partial charge in [0.1, 0.15) is 5.76 Å². The first kappa shape index (κ1) is 20.2. The fourth-order valence-electron chi connectivity index (χ4n) is 3.58. The van der Waals surface area contributed by atoms with E-state index in [4.69, 9.17) is 16.0 Å². The lowest BCUT2D eigenvalue weighted by Crippen LogP contribution is -2.53. The van der Waals surface area contributed by atoms with Crippen LogP contribution in [0.2, 0.25) is 5.02 Å². The molecule has 0 radical (unpaired) electrons. The molecule has 1 unspecified atom stereocenters. The Morgan fingerprint density at radius 2 is 1.90 bits per heavy atom. The number of likely N-dealkylation sites (tertiary alicyclic amines) is 1. The summed E-state index contributed by atoms with van der Waals surface area (Å²) in [7, 11) is 0. The Kier molecular flexibility index (Phi) is 5.59. The normalized spacial score (nSPS) is 18.8. The van der Waals surface area contributed by atoms with Gasteiger partial charge in [-0.3, -0.25) is 9.59 Å². The van der Waals surface area contributed by atoms with Gasteiger partial charge in [-0.2, -0.15) is 0 Å². The lowest BCUT2D eigenvalue weighted by atomic mass is 9.93. The Balaban J connectivity index is 1.49. The van der Waals surface area contributed by atoms with Crippen LogP contribution in [-0.4, -0.2) is 35.5 Å². The van der Waals surface area contributed by atoms with Gasteiger partial charge >= 0.3 is 0 Å². The van der Waals surface area contributed by atoms with Gasteiger partial charge in [-0.25, -0.2) is 4.39 Å². The monoisotopic (exact) mass is 426 g/mol. The highest BCUT2D eigenvalue weighted by Gasteiger charge is 2.44. The molecule has 2 amide bonds. The molecule has 1 N–H and O–H groups in total.